The van der Waals surface area contributed by atoms with Gasteiger partial charge in [-0.25, -0.2) is 8.78 Å². The van der Waals surface area contributed by atoms with E-state index in [2.05, 4.69) is 0 Å². The fraction of sp³-hybridized carbons (Fsp3) is 0.333. The summed E-state index contributed by atoms with van der Waals surface area (Å²) in [6.07, 6.45) is -0.284. The van der Waals surface area contributed by atoms with Crippen LogP contribution in [0, 0.1) is 11.6 Å². The Balaban J connectivity index is 3.16. The molecule has 0 aliphatic rings. The van der Waals surface area contributed by atoms with Gasteiger partial charge in [-0.1, -0.05) is 0 Å². The van der Waals surface area contributed by atoms with E-state index < -0.39 is 24.2 Å². The second-order valence-electron chi connectivity index (χ2n) is 3.31. The first-order valence-corrected chi connectivity index (χ1v) is 4.44. The summed E-state index contributed by atoms with van der Waals surface area (Å²) in [5.41, 5.74) is -0.798. The van der Waals surface area contributed by atoms with E-state index in [9.17, 15) is 8.78 Å². The summed E-state index contributed by atoms with van der Waals surface area (Å²) in [5.74, 6) is -2.30. The quantitative estimate of drug-likeness (QED) is 0.720. The molecule has 0 spiro atoms. The zero-order chi connectivity index (χ0) is 11.6. The van der Waals surface area contributed by atoms with Gasteiger partial charge in [0.1, 0.15) is 5.82 Å². The SMILES string of the molecule is CC(C)Oc1ccc(F)c(B(O)O)c1F. The van der Waals surface area contributed by atoms with Crippen molar-refractivity contribution in [2.75, 3.05) is 0 Å². The molecule has 6 heteroatoms. The average Bonchev–Trinajstić information content (AvgIpc) is 2.09. The summed E-state index contributed by atoms with van der Waals surface area (Å²) in [6.45, 7) is 3.36. The molecule has 15 heavy (non-hydrogen) atoms. The number of rotatable bonds is 3. The van der Waals surface area contributed by atoms with Crippen LogP contribution in [0.15, 0.2) is 12.1 Å². The van der Waals surface area contributed by atoms with Gasteiger partial charge in [0.05, 0.1) is 11.6 Å². The van der Waals surface area contributed by atoms with Gasteiger partial charge < -0.3 is 14.8 Å². The lowest BCUT2D eigenvalue weighted by atomic mass is 9.79. The van der Waals surface area contributed by atoms with E-state index >= 15 is 0 Å². The molecule has 82 valence electrons. The molecule has 0 aliphatic carbocycles. The molecule has 0 radical (unpaired) electrons. The van der Waals surface area contributed by atoms with Gasteiger partial charge in [-0.15, -0.1) is 0 Å². The summed E-state index contributed by atoms with van der Waals surface area (Å²) in [6, 6.07) is 2.03. The summed E-state index contributed by atoms with van der Waals surface area (Å²) in [7, 11) is -2.19. The minimum atomic E-state index is -2.19. The molecule has 0 heterocycles. The van der Waals surface area contributed by atoms with Gasteiger partial charge in [-0.05, 0) is 26.0 Å². The maximum absolute atomic E-state index is 13.5. The number of hydrogen-bond donors (Lipinski definition) is 2. The fourth-order valence-corrected chi connectivity index (χ4v) is 1.13. The minimum absolute atomic E-state index is 0.200. The van der Waals surface area contributed by atoms with Gasteiger partial charge in [0.15, 0.2) is 11.6 Å². The van der Waals surface area contributed by atoms with E-state index in [1.165, 1.54) is 0 Å². The highest BCUT2D eigenvalue weighted by Gasteiger charge is 2.24. The third-order valence-electron chi connectivity index (χ3n) is 1.71. The van der Waals surface area contributed by atoms with Crippen LogP contribution in [-0.4, -0.2) is 23.3 Å². The normalized spacial score (nSPS) is 10.6. The van der Waals surface area contributed by atoms with Crippen molar-refractivity contribution >= 4 is 12.6 Å². The van der Waals surface area contributed by atoms with Gasteiger partial charge >= 0.3 is 7.12 Å². The molecule has 0 saturated heterocycles. The number of halogens is 2. The Bertz CT molecular complexity index is 355. The Kier molecular flexibility index (Phi) is 3.65. The van der Waals surface area contributed by atoms with Crippen LogP contribution >= 0.6 is 0 Å². The van der Waals surface area contributed by atoms with E-state index in [0.29, 0.717) is 0 Å². The topological polar surface area (TPSA) is 49.7 Å². The van der Waals surface area contributed by atoms with E-state index in [1.807, 2.05) is 0 Å². The van der Waals surface area contributed by atoms with Gasteiger partial charge in [0.25, 0.3) is 0 Å². The van der Waals surface area contributed by atoms with Crippen molar-refractivity contribution < 1.29 is 23.6 Å². The second kappa shape index (κ2) is 4.59. The second-order valence-corrected chi connectivity index (χ2v) is 3.31. The Morgan fingerprint density at radius 1 is 1.27 bits per heavy atom. The molecule has 3 nitrogen and oxygen atoms in total. The third-order valence-corrected chi connectivity index (χ3v) is 1.71. The molecule has 0 aromatic heterocycles. The van der Waals surface area contributed by atoms with E-state index in [4.69, 9.17) is 14.8 Å². The maximum atomic E-state index is 13.5. The zero-order valence-electron chi connectivity index (χ0n) is 8.37. The molecule has 0 bridgehead atoms. The molecule has 2 N–H and O–H groups in total. The predicted molar refractivity (Wildman–Crippen MR) is 51.9 cm³/mol. The highest BCUT2D eigenvalue weighted by Crippen LogP contribution is 2.17. The fourth-order valence-electron chi connectivity index (χ4n) is 1.13. The Morgan fingerprint density at radius 2 is 1.87 bits per heavy atom. The smallest absolute Gasteiger partial charge is 0.488 e. The molecular formula is C9H11BF2O3. The summed E-state index contributed by atoms with van der Waals surface area (Å²) < 4.78 is 31.5. The lowest BCUT2D eigenvalue weighted by Gasteiger charge is -2.13. The van der Waals surface area contributed by atoms with Crippen molar-refractivity contribution in [1.82, 2.24) is 0 Å². The lowest BCUT2D eigenvalue weighted by Crippen LogP contribution is -2.36. The first kappa shape index (κ1) is 11.9. The first-order valence-electron chi connectivity index (χ1n) is 4.44. The lowest BCUT2D eigenvalue weighted by molar-refractivity contribution is 0.231. The monoisotopic (exact) mass is 216 g/mol. The molecule has 0 unspecified atom stereocenters. The van der Waals surface area contributed by atoms with Gasteiger partial charge in [-0.3, -0.25) is 0 Å². The average molecular weight is 216 g/mol. The standard InChI is InChI=1S/C9H11BF2O3/c1-5(2)15-7-4-3-6(11)8(9(7)12)10(13)14/h3-5,13-14H,1-2H3. The third kappa shape index (κ3) is 2.67. The van der Waals surface area contributed by atoms with Crippen LogP contribution in [0.5, 0.6) is 5.75 Å². The van der Waals surface area contributed by atoms with Gasteiger partial charge in [0.2, 0.25) is 0 Å². The number of hydrogen-bond acceptors (Lipinski definition) is 3. The van der Waals surface area contributed by atoms with Gasteiger partial charge in [-0.2, -0.15) is 0 Å². The number of ether oxygens (including phenoxy) is 1. The van der Waals surface area contributed by atoms with Crippen molar-refractivity contribution in [2.24, 2.45) is 0 Å². The predicted octanol–water partition coefficient (Wildman–Crippen LogP) is 0.432. The molecule has 1 rings (SSSR count). The van der Waals surface area contributed by atoms with Crippen LogP contribution < -0.4 is 10.2 Å². The molecule has 0 amide bonds. The van der Waals surface area contributed by atoms with Crippen LogP contribution in [0.25, 0.3) is 0 Å². The van der Waals surface area contributed by atoms with Crippen LogP contribution in [0.4, 0.5) is 8.78 Å². The highest BCUT2D eigenvalue weighted by molar-refractivity contribution is 6.58. The molecule has 0 fully saturated rings. The summed E-state index contributed by atoms with van der Waals surface area (Å²) in [5, 5.41) is 17.5. The zero-order valence-corrected chi connectivity index (χ0v) is 8.37. The molecule has 1 aromatic rings. The summed E-state index contributed by atoms with van der Waals surface area (Å²) in [4.78, 5) is 0. The van der Waals surface area contributed by atoms with E-state index in [1.54, 1.807) is 13.8 Å². The Morgan fingerprint density at radius 3 is 2.33 bits per heavy atom. The minimum Gasteiger partial charge on any atom is -0.488 e. The molecular weight excluding hydrogens is 205 g/mol. The van der Waals surface area contributed by atoms with Crippen molar-refractivity contribution in [3.8, 4) is 5.75 Å². The molecule has 0 aliphatic heterocycles. The first-order chi connectivity index (χ1) is 6.93. The van der Waals surface area contributed by atoms with Crippen LogP contribution in [0.3, 0.4) is 0 Å². The van der Waals surface area contributed by atoms with Crippen LogP contribution in [0.1, 0.15) is 13.8 Å². The van der Waals surface area contributed by atoms with E-state index in [-0.39, 0.29) is 11.9 Å². The van der Waals surface area contributed by atoms with Crippen molar-refractivity contribution in [3.63, 3.8) is 0 Å². The van der Waals surface area contributed by atoms with Crippen molar-refractivity contribution in [1.29, 1.82) is 0 Å². The Hall–Kier alpha value is -1.14. The van der Waals surface area contributed by atoms with Crippen molar-refractivity contribution in [2.45, 2.75) is 20.0 Å². The maximum Gasteiger partial charge on any atom is 0.494 e. The van der Waals surface area contributed by atoms with Crippen molar-refractivity contribution in [3.05, 3.63) is 23.8 Å². The van der Waals surface area contributed by atoms with Crippen LogP contribution in [-0.2, 0) is 0 Å². The highest BCUT2D eigenvalue weighted by atomic mass is 19.1. The number of benzene rings is 1. The van der Waals surface area contributed by atoms with Gasteiger partial charge in [0, 0.05) is 0 Å². The summed E-state index contributed by atoms with van der Waals surface area (Å²) >= 11 is 0. The van der Waals surface area contributed by atoms with Crippen LogP contribution in [0.2, 0.25) is 0 Å². The molecule has 0 atom stereocenters. The Labute approximate surface area is 86.5 Å². The molecule has 0 saturated carbocycles. The molecule has 1 aromatic carbocycles. The largest absolute Gasteiger partial charge is 0.494 e. The van der Waals surface area contributed by atoms with E-state index in [0.717, 1.165) is 12.1 Å².